The summed E-state index contributed by atoms with van der Waals surface area (Å²) in [4.78, 5) is 22.7. The van der Waals surface area contributed by atoms with E-state index >= 15 is 0 Å². The number of imidazole rings is 1. The highest BCUT2D eigenvalue weighted by molar-refractivity contribution is 5.79. The highest BCUT2D eigenvalue weighted by atomic mass is 16.5. The molecular formula is C18H26N4O2. The van der Waals surface area contributed by atoms with Crippen molar-refractivity contribution in [2.75, 3.05) is 32.8 Å². The van der Waals surface area contributed by atoms with Gasteiger partial charge in [-0.25, -0.2) is 4.98 Å². The zero-order valence-electron chi connectivity index (χ0n) is 14.4. The Bertz CT molecular complexity index is 645. The summed E-state index contributed by atoms with van der Waals surface area (Å²) >= 11 is 0. The van der Waals surface area contributed by atoms with Crippen LogP contribution in [0.2, 0.25) is 0 Å². The Morgan fingerprint density at radius 3 is 2.83 bits per heavy atom. The first-order valence-corrected chi connectivity index (χ1v) is 8.71. The molecule has 1 fully saturated rings. The number of benzene rings is 1. The van der Waals surface area contributed by atoms with E-state index in [1.54, 1.807) is 0 Å². The molecule has 1 aromatic carbocycles. The third kappa shape index (κ3) is 3.94. The van der Waals surface area contributed by atoms with Crippen molar-refractivity contribution in [2.45, 2.75) is 26.3 Å². The number of rotatable bonds is 6. The number of ether oxygens (including phenoxy) is 1. The van der Waals surface area contributed by atoms with Gasteiger partial charge in [0.2, 0.25) is 5.91 Å². The smallest absolute Gasteiger partial charge is 0.234 e. The zero-order valence-corrected chi connectivity index (χ0v) is 14.4. The molecule has 0 aliphatic carbocycles. The minimum absolute atomic E-state index is 0.0441. The second-order valence-electron chi connectivity index (χ2n) is 6.46. The van der Waals surface area contributed by atoms with Crippen molar-refractivity contribution in [2.24, 2.45) is 5.92 Å². The highest BCUT2D eigenvalue weighted by Gasteiger charge is 2.24. The van der Waals surface area contributed by atoms with Gasteiger partial charge in [0.1, 0.15) is 5.82 Å². The monoisotopic (exact) mass is 330 g/mol. The Balaban J connectivity index is 1.72. The Hall–Kier alpha value is -1.92. The molecule has 0 unspecified atom stereocenters. The molecule has 2 aromatic rings. The molecule has 3 rings (SSSR count). The fourth-order valence-electron chi connectivity index (χ4n) is 3.02. The number of carbonyl (C=O) groups excluding carboxylic acids is 1. The van der Waals surface area contributed by atoms with Crippen LogP contribution in [0.1, 0.15) is 32.1 Å². The lowest BCUT2D eigenvalue weighted by Gasteiger charge is -2.28. The molecule has 0 radical (unpaired) electrons. The van der Waals surface area contributed by atoms with Gasteiger partial charge in [-0.1, -0.05) is 32.4 Å². The van der Waals surface area contributed by atoms with Crippen molar-refractivity contribution < 1.29 is 9.53 Å². The molecule has 24 heavy (non-hydrogen) atoms. The van der Waals surface area contributed by atoms with Crippen LogP contribution in [-0.4, -0.2) is 53.6 Å². The minimum Gasteiger partial charge on any atom is -0.379 e. The maximum absolute atomic E-state index is 12.5. The first-order chi connectivity index (χ1) is 11.7. The number of carbonyl (C=O) groups is 1. The van der Waals surface area contributed by atoms with Gasteiger partial charge in [0.15, 0.2) is 0 Å². The summed E-state index contributed by atoms with van der Waals surface area (Å²) in [5.41, 5.74) is 1.94. The third-order valence-electron chi connectivity index (χ3n) is 4.70. The van der Waals surface area contributed by atoms with Crippen LogP contribution in [0.15, 0.2) is 24.3 Å². The highest BCUT2D eigenvalue weighted by Crippen LogP contribution is 2.24. The predicted molar refractivity (Wildman–Crippen MR) is 93.7 cm³/mol. The molecule has 1 aromatic heterocycles. The van der Waals surface area contributed by atoms with Gasteiger partial charge in [-0.05, 0) is 18.1 Å². The first kappa shape index (κ1) is 16.9. The van der Waals surface area contributed by atoms with E-state index in [1.807, 2.05) is 24.3 Å². The number of nitrogens with zero attached hydrogens (tertiary/aromatic N) is 2. The molecule has 2 atom stereocenters. The van der Waals surface area contributed by atoms with Crippen molar-refractivity contribution in [3.05, 3.63) is 30.1 Å². The number of nitrogens with one attached hydrogen (secondary N) is 2. The van der Waals surface area contributed by atoms with E-state index in [2.05, 4.69) is 34.0 Å². The van der Waals surface area contributed by atoms with Gasteiger partial charge in [-0.2, -0.15) is 0 Å². The largest absolute Gasteiger partial charge is 0.379 e. The normalized spacial score (nSPS) is 18.4. The average molecular weight is 330 g/mol. The minimum atomic E-state index is -0.101. The van der Waals surface area contributed by atoms with Gasteiger partial charge < -0.3 is 15.0 Å². The van der Waals surface area contributed by atoms with E-state index in [9.17, 15) is 4.79 Å². The van der Waals surface area contributed by atoms with Crippen LogP contribution < -0.4 is 5.32 Å². The predicted octanol–water partition coefficient (Wildman–Crippen LogP) is 2.10. The van der Waals surface area contributed by atoms with Gasteiger partial charge in [-0.15, -0.1) is 0 Å². The second-order valence-corrected chi connectivity index (χ2v) is 6.46. The molecule has 2 N–H and O–H groups in total. The number of para-hydroxylation sites is 2. The van der Waals surface area contributed by atoms with Crippen LogP contribution in [0.4, 0.5) is 0 Å². The summed E-state index contributed by atoms with van der Waals surface area (Å²) in [6, 6.07) is 7.85. The Labute approximate surface area is 142 Å². The van der Waals surface area contributed by atoms with E-state index in [0.29, 0.717) is 25.7 Å². The lowest BCUT2D eigenvalue weighted by molar-refractivity contribution is -0.124. The van der Waals surface area contributed by atoms with Crippen LogP contribution in [0.25, 0.3) is 11.0 Å². The quantitative estimate of drug-likeness (QED) is 0.851. The Morgan fingerprint density at radius 1 is 1.38 bits per heavy atom. The molecule has 0 saturated carbocycles. The molecule has 2 heterocycles. The Kier molecular flexibility index (Phi) is 5.48. The maximum atomic E-state index is 12.5. The van der Waals surface area contributed by atoms with Crippen LogP contribution in [0, 0.1) is 5.92 Å². The molecule has 6 heteroatoms. The van der Waals surface area contributed by atoms with Crippen LogP contribution in [0.5, 0.6) is 0 Å². The summed E-state index contributed by atoms with van der Waals surface area (Å²) in [5.74, 6) is 1.18. The van der Waals surface area contributed by atoms with Gasteiger partial charge in [0.25, 0.3) is 0 Å². The molecule has 1 aliphatic rings. The van der Waals surface area contributed by atoms with Crippen molar-refractivity contribution >= 4 is 16.9 Å². The standard InChI is InChI=1S/C18H26N4O2/c1-3-13(2)17(18-19-14-6-4-5-7-15(14)20-18)21-16(23)12-22-8-10-24-11-9-22/h4-7,13,17H,3,8-12H2,1-2H3,(H,19,20)(H,21,23)/t13-,17+/m1/s1. The lowest BCUT2D eigenvalue weighted by atomic mass is 9.98. The number of fused-ring (bicyclic) bond motifs is 1. The molecule has 130 valence electrons. The number of hydrogen-bond donors (Lipinski definition) is 2. The maximum Gasteiger partial charge on any atom is 0.234 e. The van der Waals surface area contributed by atoms with E-state index in [-0.39, 0.29) is 11.9 Å². The molecule has 1 saturated heterocycles. The van der Waals surface area contributed by atoms with Gasteiger partial charge in [-0.3, -0.25) is 9.69 Å². The van der Waals surface area contributed by atoms with Crippen LogP contribution >= 0.6 is 0 Å². The van der Waals surface area contributed by atoms with E-state index in [0.717, 1.165) is 36.4 Å². The topological polar surface area (TPSA) is 70.2 Å². The number of morpholine rings is 1. The van der Waals surface area contributed by atoms with Gasteiger partial charge >= 0.3 is 0 Å². The van der Waals surface area contributed by atoms with Crippen molar-refractivity contribution in [3.8, 4) is 0 Å². The molecule has 6 nitrogen and oxygen atoms in total. The van der Waals surface area contributed by atoms with Gasteiger partial charge in [0, 0.05) is 13.1 Å². The summed E-state index contributed by atoms with van der Waals surface area (Å²) in [7, 11) is 0. The van der Waals surface area contributed by atoms with Crippen molar-refractivity contribution in [3.63, 3.8) is 0 Å². The Morgan fingerprint density at radius 2 is 2.12 bits per heavy atom. The molecule has 0 bridgehead atoms. The molecular weight excluding hydrogens is 304 g/mol. The van der Waals surface area contributed by atoms with Crippen molar-refractivity contribution in [1.29, 1.82) is 0 Å². The molecule has 0 spiro atoms. The van der Waals surface area contributed by atoms with Crippen molar-refractivity contribution in [1.82, 2.24) is 20.2 Å². The summed E-state index contributed by atoms with van der Waals surface area (Å²) in [6.07, 6.45) is 0.972. The van der Waals surface area contributed by atoms with Gasteiger partial charge in [0.05, 0.1) is 36.8 Å². The average Bonchev–Trinajstić information content (AvgIpc) is 3.03. The second kappa shape index (κ2) is 7.77. The van der Waals surface area contributed by atoms with Crippen LogP contribution in [0.3, 0.4) is 0 Å². The van der Waals surface area contributed by atoms with Crippen LogP contribution in [-0.2, 0) is 9.53 Å². The number of H-pyrrole nitrogens is 1. The van der Waals surface area contributed by atoms with E-state index < -0.39 is 0 Å². The lowest BCUT2D eigenvalue weighted by Crippen LogP contribution is -2.44. The fourth-order valence-corrected chi connectivity index (χ4v) is 3.02. The van der Waals surface area contributed by atoms with E-state index in [1.165, 1.54) is 0 Å². The summed E-state index contributed by atoms with van der Waals surface area (Å²) in [5, 5.41) is 3.18. The molecule has 1 amide bonds. The fraction of sp³-hybridized carbons (Fsp3) is 0.556. The SMILES string of the molecule is CC[C@@H](C)[C@H](NC(=O)CN1CCOCC1)c1nc2ccccc2[nH]1. The first-order valence-electron chi connectivity index (χ1n) is 8.71. The number of aromatic nitrogens is 2. The molecule has 1 aliphatic heterocycles. The summed E-state index contributed by atoms with van der Waals surface area (Å²) in [6.45, 7) is 7.72. The number of aromatic amines is 1. The number of hydrogen-bond acceptors (Lipinski definition) is 4. The summed E-state index contributed by atoms with van der Waals surface area (Å²) < 4.78 is 5.33. The zero-order chi connectivity index (χ0) is 16.9. The third-order valence-corrected chi connectivity index (χ3v) is 4.70. The number of amides is 1. The van der Waals surface area contributed by atoms with E-state index in [4.69, 9.17) is 4.74 Å².